The van der Waals surface area contributed by atoms with Crippen molar-refractivity contribution in [3.8, 4) is 17.3 Å². The first-order valence-electron chi connectivity index (χ1n) is 9.88. The number of benzene rings is 2. The molecule has 0 radical (unpaired) electrons. The predicted molar refractivity (Wildman–Crippen MR) is 111 cm³/mol. The van der Waals surface area contributed by atoms with Gasteiger partial charge in [0, 0.05) is 18.5 Å². The molecule has 5 nitrogen and oxygen atoms in total. The lowest BCUT2D eigenvalue weighted by atomic mass is 10.1. The quantitative estimate of drug-likeness (QED) is 0.568. The van der Waals surface area contributed by atoms with Crippen molar-refractivity contribution in [1.82, 2.24) is 15.1 Å². The van der Waals surface area contributed by atoms with E-state index in [0.29, 0.717) is 41.7 Å². The lowest BCUT2D eigenvalue weighted by Gasteiger charge is -2.12. The molecule has 30 heavy (non-hydrogen) atoms. The summed E-state index contributed by atoms with van der Waals surface area (Å²) >= 11 is 0. The Morgan fingerprint density at radius 2 is 1.83 bits per heavy atom. The number of hydrogen-bond donors (Lipinski definition) is 1. The molecule has 7 heteroatoms. The molecule has 3 aromatic rings. The molecular weight excluding hydrogens is 388 g/mol. The maximum atomic E-state index is 14.2. The average molecular weight is 413 g/mol. The van der Waals surface area contributed by atoms with Crippen molar-refractivity contribution in [2.24, 2.45) is 5.92 Å². The Morgan fingerprint density at radius 1 is 1.13 bits per heavy atom. The number of carbonyl (C=O) groups is 1. The predicted octanol–water partition coefficient (Wildman–Crippen LogP) is 4.96. The van der Waals surface area contributed by atoms with Gasteiger partial charge in [-0.2, -0.15) is 5.10 Å². The van der Waals surface area contributed by atoms with Crippen LogP contribution in [0.3, 0.4) is 0 Å². The van der Waals surface area contributed by atoms with E-state index >= 15 is 0 Å². The highest BCUT2D eigenvalue weighted by Gasteiger charge is 2.21. The molecule has 1 heterocycles. The number of rotatable bonds is 8. The number of nitrogens with zero attached hydrogens (tertiary/aromatic N) is 2. The minimum atomic E-state index is -0.511. The molecule has 1 amide bonds. The SMILES string of the molecule is Cc1nn(-c2ccc(F)cc2)c(Oc2ccccc2F)c1CCC(=O)NCC(C)C. The van der Waals surface area contributed by atoms with Gasteiger partial charge in [-0.05, 0) is 55.7 Å². The van der Waals surface area contributed by atoms with Crippen LogP contribution in [0, 0.1) is 24.5 Å². The Bertz CT molecular complexity index is 1010. The molecule has 2 aromatic carbocycles. The van der Waals surface area contributed by atoms with Crippen molar-refractivity contribution in [3.63, 3.8) is 0 Å². The molecule has 0 spiro atoms. The average Bonchev–Trinajstić information content (AvgIpc) is 3.02. The van der Waals surface area contributed by atoms with E-state index in [1.807, 2.05) is 13.8 Å². The van der Waals surface area contributed by atoms with E-state index in [-0.39, 0.29) is 23.9 Å². The van der Waals surface area contributed by atoms with Gasteiger partial charge in [0.15, 0.2) is 11.6 Å². The number of nitrogens with one attached hydrogen (secondary N) is 1. The normalized spacial score (nSPS) is 11.0. The number of amides is 1. The number of halogens is 2. The van der Waals surface area contributed by atoms with Crippen molar-refractivity contribution < 1.29 is 18.3 Å². The van der Waals surface area contributed by atoms with Crippen LogP contribution in [0.25, 0.3) is 5.69 Å². The maximum Gasteiger partial charge on any atom is 0.226 e. The van der Waals surface area contributed by atoms with Crippen LogP contribution in [0.15, 0.2) is 48.5 Å². The van der Waals surface area contributed by atoms with Gasteiger partial charge in [-0.15, -0.1) is 0 Å². The van der Waals surface area contributed by atoms with Crippen molar-refractivity contribution in [1.29, 1.82) is 0 Å². The van der Waals surface area contributed by atoms with E-state index in [1.165, 1.54) is 28.9 Å². The molecule has 0 aliphatic carbocycles. The van der Waals surface area contributed by atoms with Gasteiger partial charge >= 0.3 is 0 Å². The van der Waals surface area contributed by atoms with E-state index < -0.39 is 5.82 Å². The molecule has 0 aliphatic heterocycles. The highest BCUT2D eigenvalue weighted by atomic mass is 19.1. The molecule has 0 bridgehead atoms. The van der Waals surface area contributed by atoms with Crippen LogP contribution < -0.4 is 10.1 Å². The van der Waals surface area contributed by atoms with E-state index in [0.717, 1.165) is 0 Å². The highest BCUT2D eigenvalue weighted by Crippen LogP contribution is 2.32. The lowest BCUT2D eigenvalue weighted by molar-refractivity contribution is -0.121. The molecule has 0 saturated heterocycles. The second-order valence-corrected chi connectivity index (χ2v) is 7.49. The minimum Gasteiger partial charge on any atom is -0.436 e. The number of hydrogen-bond acceptors (Lipinski definition) is 3. The fraction of sp³-hybridized carbons (Fsp3) is 0.304. The van der Waals surface area contributed by atoms with Gasteiger partial charge in [-0.1, -0.05) is 26.0 Å². The van der Waals surface area contributed by atoms with Gasteiger partial charge in [0.2, 0.25) is 11.8 Å². The molecular formula is C23H25F2N3O2. The molecule has 1 aromatic heterocycles. The lowest BCUT2D eigenvalue weighted by Crippen LogP contribution is -2.27. The van der Waals surface area contributed by atoms with Gasteiger partial charge in [0.05, 0.1) is 11.4 Å². The first-order chi connectivity index (χ1) is 14.3. The van der Waals surface area contributed by atoms with Crippen LogP contribution in [-0.2, 0) is 11.2 Å². The monoisotopic (exact) mass is 413 g/mol. The molecule has 0 fully saturated rings. The Labute approximate surface area is 174 Å². The van der Waals surface area contributed by atoms with Gasteiger partial charge in [0.1, 0.15) is 5.82 Å². The van der Waals surface area contributed by atoms with Gasteiger partial charge in [-0.3, -0.25) is 4.79 Å². The van der Waals surface area contributed by atoms with E-state index in [1.54, 1.807) is 31.2 Å². The maximum absolute atomic E-state index is 14.2. The third kappa shape index (κ3) is 5.23. The Hall–Kier alpha value is -3.22. The summed E-state index contributed by atoms with van der Waals surface area (Å²) in [5, 5.41) is 7.39. The van der Waals surface area contributed by atoms with Crippen LogP contribution in [0.1, 0.15) is 31.5 Å². The van der Waals surface area contributed by atoms with Crippen molar-refractivity contribution in [2.45, 2.75) is 33.6 Å². The zero-order valence-electron chi connectivity index (χ0n) is 17.3. The third-order valence-corrected chi connectivity index (χ3v) is 4.56. The van der Waals surface area contributed by atoms with Crippen molar-refractivity contribution in [3.05, 3.63) is 71.4 Å². The van der Waals surface area contributed by atoms with Crippen LogP contribution in [0.2, 0.25) is 0 Å². The van der Waals surface area contributed by atoms with Crippen molar-refractivity contribution in [2.75, 3.05) is 6.54 Å². The Balaban J connectivity index is 1.93. The fourth-order valence-corrected chi connectivity index (χ4v) is 2.96. The summed E-state index contributed by atoms with van der Waals surface area (Å²) in [6.45, 7) is 6.45. The number of para-hydroxylation sites is 1. The smallest absolute Gasteiger partial charge is 0.226 e. The summed E-state index contributed by atoms with van der Waals surface area (Å²) in [4.78, 5) is 12.2. The van der Waals surface area contributed by atoms with Crippen molar-refractivity contribution >= 4 is 5.91 Å². The second kappa shape index (κ2) is 9.52. The number of aryl methyl sites for hydroxylation is 1. The highest BCUT2D eigenvalue weighted by molar-refractivity contribution is 5.76. The van der Waals surface area contributed by atoms with Gasteiger partial charge in [0.25, 0.3) is 0 Å². The fourth-order valence-electron chi connectivity index (χ4n) is 2.96. The van der Waals surface area contributed by atoms with Crippen LogP contribution in [-0.4, -0.2) is 22.2 Å². The molecule has 1 N–H and O–H groups in total. The van der Waals surface area contributed by atoms with Crippen LogP contribution in [0.5, 0.6) is 11.6 Å². The summed E-state index contributed by atoms with van der Waals surface area (Å²) in [5.41, 5.74) is 1.92. The first-order valence-corrected chi connectivity index (χ1v) is 9.88. The van der Waals surface area contributed by atoms with E-state index in [2.05, 4.69) is 10.4 Å². The summed E-state index contributed by atoms with van der Waals surface area (Å²) in [7, 11) is 0. The first kappa shape index (κ1) is 21.5. The topological polar surface area (TPSA) is 56.2 Å². The molecule has 0 atom stereocenters. The van der Waals surface area contributed by atoms with E-state index in [4.69, 9.17) is 4.74 Å². The molecule has 3 rings (SSSR count). The standard InChI is InChI=1S/C23H25F2N3O2/c1-15(2)14-26-22(29)13-12-19-16(3)27-28(18-10-8-17(24)9-11-18)23(19)30-21-7-5-4-6-20(21)25/h4-11,15H,12-14H2,1-3H3,(H,26,29). The Morgan fingerprint density at radius 3 is 2.50 bits per heavy atom. The zero-order chi connectivity index (χ0) is 21.7. The third-order valence-electron chi connectivity index (χ3n) is 4.56. The second-order valence-electron chi connectivity index (χ2n) is 7.49. The van der Waals surface area contributed by atoms with Crippen LogP contribution in [0.4, 0.5) is 8.78 Å². The summed E-state index contributed by atoms with van der Waals surface area (Å²) in [5.74, 6) is -0.248. The summed E-state index contributed by atoms with van der Waals surface area (Å²) < 4.78 is 35.0. The number of carbonyl (C=O) groups excluding carboxylic acids is 1. The minimum absolute atomic E-state index is 0.0475. The van der Waals surface area contributed by atoms with Crippen LogP contribution >= 0.6 is 0 Å². The number of aromatic nitrogens is 2. The van der Waals surface area contributed by atoms with Gasteiger partial charge in [-0.25, -0.2) is 13.5 Å². The zero-order valence-corrected chi connectivity index (χ0v) is 17.3. The summed E-state index contributed by atoms with van der Waals surface area (Å²) in [6.07, 6.45) is 0.622. The summed E-state index contributed by atoms with van der Waals surface area (Å²) in [6, 6.07) is 11.8. The molecule has 0 unspecified atom stereocenters. The Kier molecular flexibility index (Phi) is 6.82. The van der Waals surface area contributed by atoms with E-state index in [9.17, 15) is 13.6 Å². The van der Waals surface area contributed by atoms with Gasteiger partial charge < -0.3 is 10.1 Å². The largest absolute Gasteiger partial charge is 0.436 e. The molecule has 0 saturated carbocycles. The number of ether oxygens (including phenoxy) is 1. The molecule has 158 valence electrons. The molecule has 0 aliphatic rings.